The van der Waals surface area contributed by atoms with E-state index in [2.05, 4.69) is 0 Å². The van der Waals surface area contributed by atoms with Gasteiger partial charge in [-0.05, 0) is 37.0 Å². The van der Waals surface area contributed by atoms with E-state index in [4.69, 9.17) is 11.0 Å². The Morgan fingerprint density at radius 2 is 1.95 bits per heavy atom. The molecule has 0 saturated carbocycles. The summed E-state index contributed by atoms with van der Waals surface area (Å²) >= 11 is 0. The molecule has 0 aliphatic carbocycles. The van der Waals surface area contributed by atoms with Crippen molar-refractivity contribution < 1.29 is 8.42 Å². The molecule has 0 spiro atoms. The Hall–Kier alpha value is -1.13. The van der Waals surface area contributed by atoms with E-state index in [1.54, 1.807) is 26.1 Å². The zero-order valence-electron chi connectivity index (χ0n) is 13.4. The third-order valence-electron chi connectivity index (χ3n) is 3.64. The molecule has 1 aromatic carbocycles. The molecule has 0 amide bonds. The predicted octanol–water partition coefficient (Wildman–Crippen LogP) is 2.28. The highest BCUT2D eigenvalue weighted by atomic mass is 35.5. The van der Waals surface area contributed by atoms with Gasteiger partial charge in [0.25, 0.3) is 0 Å². The summed E-state index contributed by atoms with van der Waals surface area (Å²) < 4.78 is 26.5. The van der Waals surface area contributed by atoms with Crippen LogP contribution in [0.1, 0.15) is 31.4 Å². The van der Waals surface area contributed by atoms with Crippen LogP contribution in [0.15, 0.2) is 23.1 Å². The molecule has 22 heavy (non-hydrogen) atoms. The first-order valence-corrected chi connectivity index (χ1v) is 8.36. The maximum Gasteiger partial charge on any atom is 0.243 e. The predicted molar refractivity (Wildman–Crippen MR) is 90.4 cm³/mol. The van der Waals surface area contributed by atoms with Crippen molar-refractivity contribution in [3.8, 4) is 6.07 Å². The van der Waals surface area contributed by atoms with Gasteiger partial charge in [-0.1, -0.05) is 19.9 Å². The lowest BCUT2D eigenvalue weighted by Gasteiger charge is -2.22. The SMILES string of the molecule is Cc1ccc(C#N)cc1S(=O)(=O)N(C)CCC(N)C(C)C.Cl. The number of hydrogen-bond acceptors (Lipinski definition) is 4. The first kappa shape index (κ1) is 20.9. The Kier molecular flexibility index (Phi) is 8.05. The standard InChI is InChI=1S/C15H23N3O2S.ClH/c1-11(2)14(17)7-8-18(4)21(19,20)15-9-13(10-16)6-5-12(15)3;/h5-6,9,11,14H,7-8,17H2,1-4H3;1H. The van der Waals surface area contributed by atoms with E-state index in [-0.39, 0.29) is 23.3 Å². The molecular weight excluding hydrogens is 322 g/mol. The molecule has 124 valence electrons. The maximum absolute atomic E-state index is 12.6. The second-order valence-corrected chi connectivity index (χ2v) is 7.63. The van der Waals surface area contributed by atoms with Crippen molar-refractivity contribution in [2.75, 3.05) is 13.6 Å². The minimum atomic E-state index is -3.60. The Balaban J connectivity index is 0.00000441. The molecule has 5 nitrogen and oxygen atoms in total. The van der Waals surface area contributed by atoms with Gasteiger partial charge in [-0.3, -0.25) is 0 Å². The van der Waals surface area contributed by atoms with E-state index in [0.717, 1.165) is 0 Å². The van der Waals surface area contributed by atoms with Crippen LogP contribution < -0.4 is 5.73 Å². The summed E-state index contributed by atoms with van der Waals surface area (Å²) in [5.41, 5.74) is 6.93. The second kappa shape index (κ2) is 8.49. The van der Waals surface area contributed by atoms with Gasteiger partial charge in [0.05, 0.1) is 16.5 Å². The zero-order valence-corrected chi connectivity index (χ0v) is 15.0. The molecule has 0 aliphatic heterocycles. The number of nitrogens with zero attached hydrogens (tertiary/aromatic N) is 2. The van der Waals surface area contributed by atoms with Gasteiger partial charge in [0.15, 0.2) is 0 Å². The minimum Gasteiger partial charge on any atom is -0.327 e. The van der Waals surface area contributed by atoms with Crippen molar-refractivity contribution in [2.45, 2.75) is 38.1 Å². The number of aryl methyl sites for hydroxylation is 1. The van der Waals surface area contributed by atoms with Crippen molar-refractivity contribution in [3.05, 3.63) is 29.3 Å². The molecule has 2 N–H and O–H groups in total. The molecular formula is C15H24ClN3O2S. The molecule has 1 aromatic rings. The van der Waals surface area contributed by atoms with E-state index in [1.165, 1.54) is 10.4 Å². The van der Waals surface area contributed by atoms with Gasteiger partial charge < -0.3 is 5.73 Å². The normalized spacial score (nSPS) is 12.8. The fourth-order valence-corrected chi connectivity index (χ4v) is 3.33. The first-order chi connectivity index (χ1) is 9.70. The smallest absolute Gasteiger partial charge is 0.243 e. The summed E-state index contributed by atoms with van der Waals surface area (Å²) in [5.74, 6) is 0.310. The number of nitriles is 1. The van der Waals surface area contributed by atoms with Crippen LogP contribution >= 0.6 is 12.4 Å². The highest BCUT2D eigenvalue weighted by molar-refractivity contribution is 7.89. The van der Waals surface area contributed by atoms with Crippen LogP contribution in [0.5, 0.6) is 0 Å². The van der Waals surface area contributed by atoms with Crippen molar-refractivity contribution in [1.82, 2.24) is 4.31 Å². The largest absolute Gasteiger partial charge is 0.327 e. The van der Waals surface area contributed by atoms with Gasteiger partial charge in [-0.2, -0.15) is 5.26 Å². The molecule has 0 fully saturated rings. The summed E-state index contributed by atoms with van der Waals surface area (Å²) in [6.45, 7) is 6.11. The van der Waals surface area contributed by atoms with E-state index in [9.17, 15) is 8.42 Å². The quantitative estimate of drug-likeness (QED) is 0.856. The van der Waals surface area contributed by atoms with Gasteiger partial charge in [0, 0.05) is 19.6 Å². The highest BCUT2D eigenvalue weighted by Crippen LogP contribution is 2.21. The molecule has 0 heterocycles. The summed E-state index contributed by atoms with van der Waals surface area (Å²) in [4.78, 5) is 0.183. The Bertz CT molecular complexity index is 639. The number of halogens is 1. The zero-order chi connectivity index (χ0) is 16.2. The van der Waals surface area contributed by atoms with Crippen molar-refractivity contribution >= 4 is 22.4 Å². The molecule has 0 radical (unpaired) electrons. The molecule has 0 aliphatic rings. The first-order valence-electron chi connectivity index (χ1n) is 6.92. The highest BCUT2D eigenvalue weighted by Gasteiger charge is 2.23. The number of rotatable bonds is 6. The number of benzene rings is 1. The van der Waals surface area contributed by atoms with Crippen LogP contribution in [0, 0.1) is 24.2 Å². The molecule has 0 bridgehead atoms. The van der Waals surface area contributed by atoms with Gasteiger partial charge in [0.1, 0.15) is 0 Å². The molecule has 7 heteroatoms. The molecule has 1 rings (SSSR count). The van der Waals surface area contributed by atoms with E-state index in [1.807, 2.05) is 19.9 Å². The average molecular weight is 346 g/mol. The lowest BCUT2D eigenvalue weighted by Crippen LogP contribution is -2.34. The monoisotopic (exact) mass is 345 g/mol. The van der Waals surface area contributed by atoms with Crippen molar-refractivity contribution in [2.24, 2.45) is 11.7 Å². The van der Waals surface area contributed by atoms with Gasteiger partial charge in [-0.25, -0.2) is 12.7 Å². The molecule has 1 atom stereocenters. The lowest BCUT2D eigenvalue weighted by atomic mass is 10.0. The summed E-state index contributed by atoms with van der Waals surface area (Å²) in [6.07, 6.45) is 0.602. The topological polar surface area (TPSA) is 87.2 Å². The molecule has 1 unspecified atom stereocenters. The Morgan fingerprint density at radius 1 is 1.36 bits per heavy atom. The van der Waals surface area contributed by atoms with E-state index < -0.39 is 10.0 Å². The van der Waals surface area contributed by atoms with E-state index >= 15 is 0 Å². The Labute approximate surface area is 139 Å². The fraction of sp³-hybridized carbons (Fsp3) is 0.533. The second-order valence-electron chi connectivity index (χ2n) is 5.62. The van der Waals surface area contributed by atoms with Crippen LogP contribution in [0.4, 0.5) is 0 Å². The van der Waals surface area contributed by atoms with Gasteiger partial charge in [-0.15, -0.1) is 12.4 Å². The number of hydrogen-bond donors (Lipinski definition) is 1. The number of nitrogens with two attached hydrogens (primary N) is 1. The summed E-state index contributed by atoms with van der Waals surface area (Å²) in [5, 5.41) is 8.92. The van der Waals surface area contributed by atoms with Crippen LogP contribution in [0.2, 0.25) is 0 Å². The molecule has 0 saturated heterocycles. The van der Waals surface area contributed by atoms with E-state index in [0.29, 0.717) is 30.0 Å². The van der Waals surface area contributed by atoms with Gasteiger partial charge >= 0.3 is 0 Å². The lowest BCUT2D eigenvalue weighted by molar-refractivity contribution is 0.397. The molecule has 0 aromatic heterocycles. The third kappa shape index (κ3) is 4.96. The van der Waals surface area contributed by atoms with Crippen LogP contribution in [0.25, 0.3) is 0 Å². The van der Waals surface area contributed by atoms with Crippen LogP contribution in [-0.4, -0.2) is 32.4 Å². The maximum atomic E-state index is 12.6. The third-order valence-corrected chi connectivity index (χ3v) is 5.64. The summed E-state index contributed by atoms with van der Waals surface area (Å²) in [7, 11) is -2.05. The Morgan fingerprint density at radius 3 is 2.45 bits per heavy atom. The van der Waals surface area contributed by atoms with Crippen LogP contribution in [0.3, 0.4) is 0 Å². The fourth-order valence-electron chi connectivity index (χ4n) is 1.90. The van der Waals surface area contributed by atoms with Crippen molar-refractivity contribution in [1.29, 1.82) is 5.26 Å². The number of sulfonamides is 1. The van der Waals surface area contributed by atoms with Crippen molar-refractivity contribution in [3.63, 3.8) is 0 Å². The average Bonchev–Trinajstić information content (AvgIpc) is 2.44. The van der Waals surface area contributed by atoms with Gasteiger partial charge in [0.2, 0.25) is 10.0 Å². The summed E-state index contributed by atoms with van der Waals surface area (Å²) in [6, 6.07) is 6.62. The minimum absolute atomic E-state index is 0. The van der Waals surface area contributed by atoms with Crippen LogP contribution in [-0.2, 0) is 10.0 Å².